The van der Waals surface area contributed by atoms with E-state index >= 15 is 0 Å². The van der Waals surface area contributed by atoms with E-state index in [1.54, 1.807) is 6.20 Å². The zero-order valence-corrected chi connectivity index (χ0v) is 14.6. The third-order valence-electron chi connectivity index (χ3n) is 4.52. The number of carbonyl (C=O) groups excluding carboxylic acids is 1. The zero-order chi connectivity index (χ0) is 17.3. The fourth-order valence-corrected chi connectivity index (χ4v) is 3.07. The quantitative estimate of drug-likeness (QED) is 0.784. The van der Waals surface area contributed by atoms with Gasteiger partial charge in [-0.2, -0.15) is 0 Å². The van der Waals surface area contributed by atoms with Gasteiger partial charge in [-0.3, -0.25) is 14.7 Å². The van der Waals surface area contributed by atoms with Crippen LogP contribution in [-0.2, 0) is 17.9 Å². The predicted molar refractivity (Wildman–Crippen MR) is 98.9 cm³/mol. The van der Waals surface area contributed by atoms with Gasteiger partial charge in [0, 0.05) is 58.4 Å². The van der Waals surface area contributed by atoms with Gasteiger partial charge in [0.2, 0.25) is 5.91 Å². The van der Waals surface area contributed by atoms with Crippen LogP contribution in [0, 0.1) is 0 Å². The van der Waals surface area contributed by atoms with Crippen molar-refractivity contribution in [2.24, 2.45) is 0 Å². The Balaban J connectivity index is 1.33. The molecular weight excluding hydrogens is 312 g/mol. The van der Waals surface area contributed by atoms with Crippen LogP contribution in [-0.4, -0.2) is 53.4 Å². The molecule has 3 rings (SSSR count). The van der Waals surface area contributed by atoms with Crippen LogP contribution >= 0.6 is 0 Å². The van der Waals surface area contributed by atoms with Crippen molar-refractivity contribution < 1.29 is 4.79 Å². The standard InChI is InChI=1S/C20H26N4O/c25-20(9-11-21-16-19-8-4-5-10-22-19)24-14-12-23(13-15-24)17-18-6-2-1-3-7-18/h1-8,10,21H,9,11-17H2. The van der Waals surface area contributed by atoms with E-state index in [4.69, 9.17) is 0 Å². The second kappa shape index (κ2) is 9.30. The summed E-state index contributed by atoms with van der Waals surface area (Å²) < 4.78 is 0. The summed E-state index contributed by atoms with van der Waals surface area (Å²) in [6.45, 7) is 5.91. The molecular formula is C20H26N4O. The monoisotopic (exact) mass is 338 g/mol. The minimum Gasteiger partial charge on any atom is -0.340 e. The van der Waals surface area contributed by atoms with Crippen LogP contribution in [0.15, 0.2) is 54.7 Å². The van der Waals surface area contributed by atoms with E-state index in [1.807, 2.05) is 29.2 Å². The fourth-order valence-electron chi connectivity index (χ4n) is 3.07. The largest absolute Gasteiger partial charge is 0.340 e. The Hall–Kier alpha value is -2.24. The van der Waals surface area contributed by atoms with Crippen molar-refractivity contribution in [3.05, 3.63) is 66.0 Å². The lowest BCUT2D eigenvalue weighted by Gasteiger charge is -2.34. The molecule has 132 valence electrons. The highest BCUT2D eigenvalue weighted by Gasteiger charge is 2.20. The molecule has 0 atom stereocenters. The molecule has 0 spiro atoms. The number of carbonyl (C=O) groups is 1. The number of amides is 1. The minimum absolute atomic E-state index is 0.243. The molecule has 0 saturated carbocycles. The maximum atomic E-state index is 12.3. The molecule has 5 nitrogen and oxygen atoms in total. The first-order valence-corrected chi connectivity index (χ1v) is 8.96. The van der Waals surface area contributed by atoms with Gasteiger partial charge in [-0.15, -0.1) is 0 Å². The van der Waals surface area contributed by atoms with Crippen molar-refractivity contribution >= 4 is 5.91 Å². The summed E-state index contributed by atoms with van der Waals surface area (Å²) in [6.07, 6.45) is 2.34. The summed E-state index contributed by atoms with van der Waals surface area (Å²) in [7, 11) is 0. The molecule has 0 bridgehead atoms. The van der Waals surface area contributed by atoms with Crippen LogP contribution in [0.1, 0.15) is 17.7 Å². The van der Waals surface area contributed by atoms with Gasteiger partial charge in [0.15, 0.2) is 0 Å². The first-order valence-electron chi connectivity index (χ1n) is 8.96. The van der Waals surface area contributed by atoms with Gasteiger partial charge in [0.25, 0.3) is 0 Å². The van der Waals surface area contributed by atoms with Crippen LogP contribution in [0.2, 0.25) is 0 Å². The molecule has 1 amide bonds. The Morgan fingerprint density at radius 1 is 1.00 bits per heavy atom. The molecule has 1 aliphatic rings. The smallest absolute Gasteiger partial charge is 0.223 e. The lowest BCUT2D eigenvalue weighted by atomic mass is 10.2. The second-order valence-electron chi connectivity index (χ2n) is 6.39. The summed E-state index contributed by atoms with van der Waals surface area (Å²) in [5.41, 5.74) is 2.34. The van der Waals surface area contributed by atoms with E-state index in [-0.39, 0.29) is 5.91 Å². The van der Waals surface area contributed by atoms with E-state index in [9.17, 15) is 4.79 Å². The van der Waals surface area contributed by atoms with Crippen molar-refractivity contribution in [1.29, 1.82) is 0 Å². The van der Waals surface area contributed by atoms with E-state index in [0.29, 0.717) is 19.5 Å². The summed E-state index contributed by atoms with van der Waals surface area (Å²) >= 11 is 0. The predicted octanol–water partition coefficient (Wildman–Crippen LogP) is 1.91. The average molecular weight is 338 g/mol. The van der Waals surface area contributed by atoms with Crippen LogP contribution in [0.5, 0.6) is 0 Å². The normalized spacial score (nSPS) is 15.3. The average Bonchev–Trinajstić information content (AvgIpc) is 2.67. The number of nitrogens with zero attached hydrogens (tertiary/aromatic N) is 3. The van der Waals surface area contributed by atoms with Crippen LogP contribution < -0.4 is 5.32 Å². The lowest BCUT2D eigenvalue weighted by Crippen LogP contribution is -2.48. The molecule has 1 fully saturated rings. The van der Waals surface area contributed by atoms with Crippen molar-refractivity contribution in [3.8, 4) is 0 Å². The summed E-state index contributed by atoms with van der Waals surface area (Å²) in [5.74, 6) is 0.243. The number of nitrogens with one attached hydrogen (secondary N) is 1. The fraction of sp³-hybridized carbons (Fsp3) is 0.400. The Bertz CT molecular complexity index is 639. The van der Waals surface area contributed by atoms with Crippen LogP contribution in [0.3, 0.4) is 0 Å². The number of aromatic nitrogens is 1. The molecule has 2 heterocycles. The molecule has 1 aromatic carbocycles. The first kappa shape index (κ1) is 17.6. The maximum Gasteiger partial charge on any atom is 0.223 e. The van der Waals surface area contributed by atoms with E-state index in [0.717, 1.165) is 38.4 Å². The molecule has 2 aromatic rings. The zero-order valence-electron chi connectivity index (χ0n) is 14.6. The molecule has 0 unspecified atom stereocenters. The Morgan fingerprint density at radius 2 is 1.76 bits per heavy atom. The number of benzene rings is 1. The van der Waals surface area contributed by atoms with Gasteiger partial charge in [0.1, 0.15) is 0 Å². The number of rotatable bonds is 7. The summed E-state index contributed by atoms with van der Waals surface area (Å²) in [6, 6.07) is 16.4. The lowest BCUT2D eigenvalue weighted by molar-refractivity contribution is -0.132. The van der Waals surface area contributed by atoms with E-state index in [1.165, 1.54) is 5.56 Å². The second-order valence-corrected chi connectivity index (χ2v) is 6.39. The van der Waals surface area contributed by atoms with Crippen molar-refractivity contribution in [1.82, 2.24) is 20.1 Å². The number of hydrogen-bond acceptors (Lipinski definition) is 4. The molecule has 1 aliphatic heterocycles. The summed E-state index contributed by atoms with van der Waals surface area (Å²) in [4.78, 5) is 21.0. The van der Waals surface area contributed by atoms with Gasteiger partial charge in [-0.1, -0.05) is 36.4 Å². The first-order chi connectivity index (χ1) is 12.3. The highest BCUT2D eigenvalue weighted by molar-refractivity contribution is 5.76. The third-order valence-corrected chi connectivity index (χ3v) is 4.52. The maximum absolute atomic E-state index is 12.3. The van der Waals surface area contributed by atoms with Crippen molar-refractivity contribution in [3.63, 3.8) is 0 Å². The molecule has 1 N–H and O–H groups in total. The van der Waals surface area contributed by atoms with Crippen LogP contribution in [0.25, 0.3) is 0 Å². The molecule has 25 heavy (non-hydrogen) atoms. The minimum atomic E-state index is 0.243. The number of piperazine rings is 1. The van der Waals surface area contributed by atoms with Gasteiger partial charge >= 0.3 is 0 Å². The topological polar surface area (TPSA) is 48.5 Å². The SMILES string of the molecule is O=C(CCNCc1ccccn1)N1CCN(Cc2ccccc2)CC1. The van der Waals surface area contributed by atoms with E-state index < -0.39 is 0 Å². The Labute approximate surface area is 149 Å². The highest BCUT2D eigenvalue weighted by atomic mass is 16.2. The summed E-state index contributed by atoms with van der Waals surface area (Å²) in [5, 5.41) is 3.29. The van der Waals surface area contributed by atoms with E-state index in [2.05, 4.69) is 39.5 Å². The van der Waals surface area contributed by atoms with Crippen LogP contribution in [0.4, 0.5) is 0 Å². The number of hydrogen-bond donors (Lipinski definition) is 1. The van der Waals surface area contributed by atoms with Crippen molar-refractivity contribution in [2.75, 3.05) is 32.7 Å². The van der Waals surface area contributed by atoms with Gasteiger partial charge in [0.05, 0.1) is 5.69 Å². The third kappa shape index (κ3) is 5.66. The van der Waals surface area contributed by atoms with Gasteiger partial charge < -0.3 is 10.2 Å². The van der Waals surface area contributed by atoms with Gasteiger partial charge in [-0.25, -0.2) is 0 Å². The molecule has 0 aliphatic carbocycles. The van der Waals surface area contributed by atoms with Gasteiger partial charge in [-0.05, 0) is 17.7 Å². The van der Waals surface area contributed by atoms with Crippen molar-refractivity contribution in [2.45, 2.75) is 19.5 Å². The molecule has 1 aromatic heterocycles. The number of pyridine rings is 1. The Morgan fingerprint density at radius 3 is 2.48 bits per heavy atom. The molecule has 0 radical (unpaired) electrons. The highest BCUT2D eigenvalue weighted by Crippen LogP contribution is 2.09. The molecule has 1 saturated heterocycles. The molecule has 5 heteroatoms. The Kier molecular flexibility index (Phi) is 6.54.